The van der Waals surface area contributed by atoms with Crippen LogP contribution in [-0.2, 0) is 4.79 Å². The van der Waals surface area contributed by atoms with E-state index in [4.69, 9.17) is 4.74 Å². The number of ether oxygens (including phenoxy) is 1. The number of hydrogen-bond donors (Lipinski definition) is 1. The molecule has 4 rings (SSSR count). The van der Waals surface area contributed by atoms with Crippen LogP contribution in [-0.4, -0.2) is 28.9 Å². The zero-order chi connectivity index (χ0) is 23.2. The summed E-state index contributed by atoms with van der Waals surface area (Å²) in [5.41, 5.74) is 3.77. The lowest BCUT2D eigenvalue weighted by atomic mass is 9.93. The summed E-state index contributed by atoms with van der Waals surface area (Å²) >= 11 is 1.26. The van der Waals surface area contributed by atoms with E-state index >= 15 is 0 Å². The Bertz CT molecular complexity index is 1270. The topological polar surface area (TPSA) is 79.7 Å². The Morgan fingerprint density at radius 2 is 1.81 bits per heavy atom. The molecule has 1 amide bonds. The Hall–Kier alpha value is -3.45. The van der Waals surface area contributed by atoms with Crippen molar-refractivity contribution < 1.29 is 19.4 Å². The van der Waals surface area contributed by atoms with Crippen molar-refractivity contribution in [2.75, 3.05) is 12.0 Å². The number of anilines is 1. The van der Waals surface area contributed by atoms with E-state index in [1.165, 1.54) is 16.2 Å². The monoisotopic (exact) mass is 448 g/mol. The second-order valence-corrected chi connectivity index (χ2v) is 8.98. The predicted molar refractivity (Wildman–Crippen MR) is 125 cm³/mol. The number of ketones is 1. The normalized spacial score (nSPS) is 16.1. The molecule has 7 heteroatoms. The lowest BCUT2D eigenvalue weighted by Crippen LogP contribution is -2.32. The van der Waals surface area contributed by atoms with E-state index in [2.05, 4.69) is 4.98 Å². The summed E-state index contributed by atoms with van der Waals surface area (Å²) in [6.07, 6.45) is 0. The summed E-state index contributed by atoms with van der Waals surface area (Å²) in [6.45, 7) is 7.46. The average molecular weight is 449 g/mol. The molecule has 1 unspecified atom stereocenters. The standard InChI is InChI=1S/C25H24N2O4S/c1-13-9-8-11-18(14(13)2)27-21(17-10-6-7-12-19(17)31-5)20(23(29)25(27)30)22(28)24-15(3)26-16(4)32-24/h6-12,21,29H,1-5H3. The Labute approximate surface area is 190 Å². The third-order valence-electron chi connectivity index (χ3n) is 5.83. The number of para-hydroxylation sites is 1. The number of aliphatic hydroxyl groups excluding tert-OH is 1. The summed E-state index contributed by atoms with van der Waals surface area (Å²) < 4.78 is 5.56. The van der Waals surface area contributed by atoms with E-state index in [-0.39, 0.29) is 5.57 Å². The fourth-order valence-electron chi connectivity index (χ4n) is 4.13. The number of hydrogen-bond acceptors (Lipinski definition) is 6. The van der Waals surface area contributed by atoms with Gasteiger partial charge in [-0.2, -0.15) is 0 Å². The van der Waals surface area contributed by atoms with Crippen molar-refractivity contribution >= 4 is 28.7 Å². The molecule has 0 saturated heterocycles. The number of rotatable bonds is 5. The zero-order valence-electron chi connectivity index (χ0n) is 18.6. The highest BCUT2D eigenvalue weighted by Crippen LogP contribution is 2.46. The maximum Gasteiger partial charge on any atom is 0.294 e. The van der Waals surface area contributed by atoms with Crippen molar-refractivity contribution in [3.63, 3.8) is 0 Å². The van der Waals surface area contributed by atoms with Gasteiger partial charge in [0.25, 0.3) is 5.91 Å². The van der Waals surface area contributed by atoms with Gasteiger partial charge in [-0.3, -0.25) is 14.5 Å². The largest absolute Gasteiger partial charge is 0.503 e. The van der Waals surface area contributed by atoms with Gasteiger partial charge in [0.15, 0.2) is 5.76 Å². The molecule has 0 saturated carbocycles. The maximum absolute atomic E-state index is 13.7. The average Bonchev–Trinajstić information content (AvgIpc) is 3.25. The van der Waals surface area contributed by atoms with E-state index in [0.29, 0.717) is 27.6 Å². The second-order valence-electron chi connectivity index (χ2n) is 7.78. The van der Waals surface area contributed by atoms with E-state index in [1.807, 2.05) is 57.2 Å². The minimum Gasteiger partial charge on any atom is -0.503 e. The molecule has 164 valence electrons. The number of Topliss-reactive ketones (excluding diaryl/α,β-unsaturated/α-hetero) is 1. The molecule has 1 aliphatic rings. The summed E-state index contributed by atoms with van der Waals surface area (Å²) in [5, 5.41) is 11.7. The first-order chi connectivity index (χ1) is 15.3. The molecule has 0 bridgehead atoms. The molecule has 0 aliphatic carbocycles. The number of aryl methyl sites for hydroxylation is 3. The molecule has 6 nitrogen and oxygen atoms in total. The highest BCUT2D eigenvalue weighted by atomic mass is 32.1. The molecule has 0 fully saturated rings. The minimum absolute atomic E-state index is 0.0344. The molecule has 1 atom stereocenters. The summed E-state index contributed by atoms with van der Waals surface area (Å²) in [7, 11) is 1.54. The van der Waals surface area contributed by atoms with Gasteiger partial charge in [-0.05, 0) is 51.0 Å². The van der Waals surface area contributed by atoms with Gasteiger partial charge in [-0.25, -0.2) is 4.98 Å². The Balaban J connectivity index is 1.97. The molecular formula is C25H24N2O4S. The molecule has 3 aromatic rings. The van der Waals surface area contributed by atoms with Crippen LogP contribution >= 0.6 is 11.3 Å². The van der Waals surface area contributed by atoms with Crippen LogP contribution in [0.3, 0.4) is 0 Å². The Morgan fingerprint density at radius 3 is 2.47 bits per heavy atom. The van der Waals surface area contributed by atoms with E-state index in [9.17, 15) is 14.7 Å². The summed E-state index contributed by atoms with van der Waals surface area (Å²) in [4.78, 5) is 33.3. The van der Waals surface area contributed by atoms with Crippen LogP contribution in [0, 0.1) is 27.7 Å². The van der Waals surface area contributed by atoms with Gasteiger partial charge in [0.05, 0.1) is 34.3 Å². The van der Waals surface area contributed by atoms with Gasteiger partial charge in [0.1, 0.15) is 5.75 Å². The molecule has 1 aliphatic heterocycles. The first kappa shape index (κ1) is 21.8. The number of methoxy groups -OCH3 is 1. The van der Waals surface area contributed by atoms with Crippen molar-refractivity contribution in [1.29, 1.82) is 0 Å². The molecule has 32 heavy (non-hydrogen) atoms. The number of carbonyl (C=O) groups excluding carboxylic acids is 2. The zero-order valence-corrected chi connectivity index (χ0v) is 19.4. The SMILES string of the molecule is COc1ccccc1C1C(C(=O)c2sc(C)nc2C)=C(O)C(=O)N1c1cccc(C)c1C. The molecule has 2 aromatic carbocycles. The van der Waals surface area contributed by atoms with Gasteiger partial charge in [0.2, 0.25) is 5.78 Å². The molecule has 1 N–H and O–H groups in total. The third-order valence-corrected chi connectivity index (χ3v) is 6.90. The number of aromatic nitrogens is 1. The first-order valence-corrected chi connectivity index (χ1v) is 11.0. The van der Waals surface area contributed by atoms with Crippen molar-refractivity contribution in [3.8, 4) is 5.75 Å². The Morgan fingerprint density at radius 1 is 1.09 bits per heavy atom. The second kappa shape index (κ2) is 8.24. The summed E-state index contributed by atoms with van der Waals surface area (Å²) in [6, 6.07) is 12.0. The van der Waals surface area contributed by atoms with Crippen LogP contribution in [0.25, 0.3) is 0 Å². The van der Waals surface area contributed by atoms with Gasteiger partial charge in [0, 0.05) is 11.3 Å². The van der Waals surface area contributed by atoms with Crippen LogP contribution < -0.4 is 9.64 Å². The number of benzene rings is 2. The number of nitrogens with zero attached hydrogens (tertiary/aromatic N) is 2. The molecule has 1 aromatic heterocycles. The van der Waals surface area contributed by atoms with E-state index < -0.39 is 23.5 Å². The fraction of sp³-hybridized carbons (Fsp3) is 0.240. The first-order valence-electron chi connectivity index (χ1n) is 10.2. The molecular weight excluding hydrogens is 424 g/mol. The number of carbonyl (C=O) groups is 2. The molecule has 2 heterocycles. The van der Waals surface area contributed by atoms with Crippen molar-refractivity contribution in [3.05, 3.63) is 86.1 Å². The van der Waals surface area contributed by atoms with Gasteiger partial charge in [-0.15, -0.1) is 11.3 Å². The van der Waals surface area contributed by atoms with E-state index in [0.717, 1.165) is 16.1 Å². The fourth-order valence-corrected chi connectivity index (χ4v) is 5.01. The van der Waals surface area contributed by atoms with Crippen LogP contribution in [0.1, 0.15) is 43.1 Å². The third kappa shape index (κ3) is 3.39. The van der Waals surface area contributed by atoms with Gasteiger partial charge in [-0.1, -0.05) is 30.3 Å². The highest BCUT2D eigenvalue weighted by molar-refractivity contribution is 7.14. The lowest BCUT2D eigenvalue weighted by Gasteiger charge is -2.29. The quantitative estimate of drug-likeness (QED) is 0.545. The van der Waals surface area contributed by atoms with E-state index in [1.54, 1.807) is 20.1 Å². The molecule has 0 spiro atoms. The maximum atomic E-state index is 13.7. The number of thiazole rings is 1. The van der Waals surface area contributed by atoms with Crippen LogP contribution in [0.4, 0.5) is 5.69 Å². The highest BCUT2D eigenvalue weighted by Gasteiger charge is 2.46. The number of aliphatic hydroxyl groups is 1. The van der Waals surface area contributed by atoms with Gasteiger partial charge < -0.3 is 9.84 Å². The van der Waals surface area contributed by atoms with Crippen LogP contribution in [0.15, 0.2) is 53.8 Å². The summed E-state index contributed by atoms with van der Waals surface area (Å²) in [5.74, 6) is -1.03. The lowest BCUT2D eigenvalue weighted by molar-refractivity contribution is -0.117. The predicted octanol–water partition coefficient (Wildman–Crippen LogP) is 5.17. The van der Waals surface area contributed by atoms with Crippen LogP contribution in [0.5, 0.6) is 5.75 Å². The van der Waals surface area contributed by atoms with Crippen molar-refractivity contribution in [1.82, 2.24) is 4.98 Å². The number of amides is 1. The minimum atomic E-state index is -0.839. The van der Waals surface area contributed by atoms with Crippen LogP contribution in [0.2, 0.25) is 0 Å². The smallest absolute Gasteiger partial charge is 0.294 e. The van der Waals surface area contributed by atoms with Crippen molar-refractivity contribution in [2.45, 2.75) is 33.7 Å². The van der Waals surface area contributed by atoms with Gasteiger partial charge >= 0.3 is 0 Å². The van der Waals surface area contributed by atoms with Crippen molar-refractivity contribution in [2.24, 2.45) is 0 Å². The Kier molecular flexibility index (Phi) is 5.60. The molecule has 0 radical (unpaired) electrons.